The fourth-order valence-corrected chi connectivity index (χ4v) is 3.79. The van der Waals surface area contributed by atoms with Gasteiger partial charge in [0.05, 0.1) is 35.1 Å². The second-order valence-corrected chi connectivity index (χ2v) is 7.56. The van der Waals surface area contributed by atoms with Crippen molar-refractivity contribution in [3.8, 4) is 11.4 Å². The summed E-state index contributed by atoms with van der Waals surface area (Å²) in [5.41, 5.74) is 1.46. The van der Waals surface area contributed by atoms with Crippen molar-refractivity contribution in [3.05, 3.63) is 77.6 Å². The molecule has 2 heterocycles. The van der Waals surface area contributed by atoms with Crippen LogP contribution in [0.5, 0.6) is 5.75 Å². The van der Waals surface area contributed by atoms with Crippen molar-refractivity contribution < 1.29 is 28.2 Å². The minimum atomic E-state index is -0.784. The van der Waals surface area contributed by atoms with E-state index in [1.54, 1.807) is 43.3 Å². The molecule has 0 spiro atoms. The maximum atomic E-state index is 14.9. The summed E-state index contributed by atoms with van der Waals surface area (Å²) >= 11 is 0. The monoisotopic (exact) mass is 460 g/mol. The quantitative estimate of drug-likeness (QED) is 0.333. The molecule has 1 unspecified atom stereocenters. The van der Waals surface area contributed by atoms with Crippen molar-refractivity contribution in [2.24, 2.45) is 0 Å². The molecule has 1 atom stereocenters. The van der Waals surface area contributed by atoms with Gasteiger partial charge in [-0.05, 0) is 49.4 Å². The van der Waals surface area contributed by atoms with Gasteiger partial charge in [-0.2, -0.15) is 0 Å². The van der Waals surface area contributed by atoms with Gasteiger partial charge < -0.3 is 9.47 Å². The zero-order chi connectivity index (χ0) is 24.0. The van der Waals surface area contributed by atoms with Gasteiger partial charge in [0.2, 0.25) is 0 Å². The second kappa shape index (κ2) is 8.07. The third-order valence-corrected chi connectivity index (χ3v) is 5.48. The highest BCUT2D eigenvalue weighted by Crippen LogP contribution is 2.33. The number of ether oxygens (including phenoxy) is 2. The summed E-state index contributed by atoms with van der Waals surface area (Å²) in [4.78, 5) is 38.0. The van der Waals surface area contributed by atoms with Gasteiger partial charge in [-0.1, -0.05) is 17.3 Å². The topological polar surface area (TPSA) is 104 Å². The van der Waals surface area contributed by atoms with Crippen LogP contribution in [-0.2, 0) is 9.53 Å². The summed E-state index contributed by atoms with van der Waals surface area (Å²) < 4.78 is 26.6. The number of amides is 2. The standard InChI is InChI=1S/C24H17FN4O5/c1-13(24(32)33-2)34-15-9-7-14(8-10-15)29-21-12-20(18(25)11-19(21)26-27-29)28-22(30)16-5-3-4-6-17(16)23(28)31/h3-13H,1-2H3. The molecule has 0 aliphatic carbocycles. The first-order valence-corrected chi connectivity index (χ1v) is 10.3. The van der Waals surface area contributed by atoms with Gasteiger partial charge in [-0.25, -0.2) is 18.8 Å². The van der Waals surface area contributed by atoms with Gasteiger partial charge in [0.15, 0.2) is 6.10 Å². The molecule has 2 amide bonds. The number of hydrogen-bond donors (Lipinski definition) is 0. The van der Waals surface area contributed by atoms with Gasteiger partial charge in [0, 0.05) is 6.07 Å². The number of carbonyl (C=O) groups excluding carboxylic acids is 3. The molecule has 0 saturated heterocycles. The number of carbonyl (C=O) groups is 3. The average Bonchev–Trinajstić information content (AvgIpc) is 3.36. The van der Waals surface area contributed by atoms with Gasteiger partial charge >= 0.3 is 5.97 Å². The molecule has 1 aromatic heterocycles. The smallest absolute Gasteiger partial charge is 0.346 e. The number of fused-ring (bicyclic) bond motifs is 2. The summed E-state index contributed by atoms with van der Waals surface area (Å²) in [6, 6.07) is 15.5. The van der Waals surface area contributed by atoms with Crippen LogP contribution in [0.2, 0.25) is 0 Å². The Morgan fingerprint density at radius 2 is 1.65 bits per heavy atom. The Bertz CT molecular complexity index is 1430. The average molecular weight is 460 g/mol. The van der Waals surface area contributed by atoms with Crippen LogP contribution in [0.3, 0.4) is 0 Å². The number of methoxy groups -OCH3 is 1. The highest BCUT2D eigenvalue weighted by atomic mass is 19.1. The lowest BCUT2D eigenvalue weighted by Crippen LogP contribution is -2.30. The Labute approximate surface area is 192 Å². The molecule has 1 aliphatic heterocycles. The van der Waals surface area contributed by atoms with E-state index in [-0.39, 0.29) is 22.3 Å². The van der Waals surface area contributed by atoms with Gasteiger partial charge in [0.25, 0.3) is 11.8 Å². The first-order valence-electron chi connectivity index (χ1n) is 10.3. The van der Waals surface area contributed by atoms with Crippen LogP contribution in [0, 0.1) is 5.82 Å². The predicted molar refractivity (Wildman–Crippen MR) is 119 cm³/mol. The number of aromatic nitrogens is 3. The normalized spacial score (nSPS) is 13.8. The molecule has 0 saturated carbocycles. The van der Waals surface area contributed by atoms with E-state index in [2.05, 4.69) is 15.0 Å². The fraction of sp³-hybridized carbons (Fsp3) is 0.125. The Morgan fingerprint density at radius 1 is 1.00 bits per heavy atom. The molecule has 5 rings (SSSR count). The van der Waals surface area contributed by atoms with Crippen molar-refractivity contribution >= 4 is 34.5 Å². The summed E-state index contributed by atoms with van der Waals surface area (Å²) in [5.74, 6) is -2.04. The van der Waals surface area contributed by atoms with Crippen LogP contribution in [0.1, 0.15) is 27.6 Å². The minimum Gasteiger partial charge on any atom is -0.479 e. The van der Waals surface area contributed by atoms with E-state index in [9.17, 15) is 18.8 Å². The van der Waals surface area contributed by atoms with Crippen LogP contribution in [0.15, 0.2) is 60.7 Å². The first kappa shape index (κ1) is 21.3. The zero-order valence-electron chi connectivity index (χ0n) is 18.1. The number of rotatable bonds is 5. The third kappa shape index (κ3) is 3.36. The van der Waals surface area contributed by atoms with Crippen molar-refractivity contribution in [1.29, 1.82) is 0 Å². The summed E-state index contributed by atoms with van der Waals surface area (Å²) in [5, 5.41) is 8.08. The van der Waals surface area contributed by atoms with Crippen LogP contribution < -0.4 is 9.64 Å². The van der Waals surface area contributed by atoms with E-state index in [0.717, 1.165) is 11.0 Å². The first-order chi connectivity index (χ1) is 16.4. The lowest BCUT2D eigenvalue weighted by atomic mass is 10.1. The van der Waals surface area contributed by atoms with E-state index < -0.39 is 29.7 Å². The van der Waals surface area contributed by atoms with E-state index in [0.29, 0.717) is 17.0 Å². The Morgan fingerprint density at radius 3 is 2.26 bits per heavy atom. The Balaban J connectivity index is 1.51. The molecular weight excluding hydrogens is 443 g/mol. The molecule has 10 heteroatoms. The number of halogens is 1. The molecule has 0 bridgehead atoms. The molecule has 3 aromatic carbocycles. The number of benzene rings is 3. The molecule has 0 fully saturated rings. The van der Waals surface area contributed by atoms with Gasteiger partial charge in [0.1, 0.15) is 17.1 Å². The molecule has 34 heavy (non-hydrogen) atoms. The summed E-state index contributed by atoms with van der Waals surface area (Å²) in [6.45, 7) is 1.57. The molecular formula is C24H17FN4O5. The molecule has 170 valence electrons. The number of imide groups is 1. The zero-order valence-corrected chi connectivity index (χ0v) is 18.1. The molecule has 9 nitrogen and oxygen atoms in total. The van der Waals surface area contributed by atoms with E-state index in [1.165, 1.54) is 30.0 Å². The van der Waals surface area contributed by atoms with Crippen LogP contribution >= 0.6 is 0 Å². The van der Waals surface area contributed by atoms with E-state index in [1.807, 2.05) is 0 Å². The summed E-state index contributed by atoms with van der Waals surface area (Å²) in [6.07, 6.45) is -0.784. The highest BCUT2D eigenvalue weighted by Gasteiger charge is 2.38. The lowest BCUT2D eigenvalue weighted by Gasteiger charge is -2.15. The van der Waals surface area contributed by atoms with Crippen molar-refractivity contribution in [2.45, 2.75) is 13.0 Å². The van der Waals surface area contributed by atoms with Crippen molar-refractivity contribution in [2.75, 3.05) is 12.0 Å². The molecule has 0 N–H and O–H groups in total. The highest BCUT2D eigenvalue weighted by molar-refractivity contribution is 6.34. The van der Waals surface area contributed by atoms with Crippen LogP contribution in [0.25, 0.3) is 16.7 Å². The number of anilines is 1. The number of esters is 1. The summed E-state index contributed by atoms with van der Waals surface area (Å²) in [7, 11) is 1.28. The van der Waals surface area contributed by atoms with Crippen LogP contribution in [0.4, 0.5) is 10.1 Å². The largest absolute Gasteiger partial charge is 0.479 e. The minimum absolute atomic E-state index is 0.186. The van der Waals surface area contributed by atoms with Crippen LogP contribution in [-0.4, -0.2) is 46.0 Å². The predicted octanol–water partition coefficient (Wildman–Crippen LogP) is 3.30. The maximum Gasteiger partial charge on any atom is 0.346 e. The fourth-order valence-electron chi connectivity index (χ4n) is 3.79. The maximum absolute atomic E-state index is 14.9. The van der Waals surface area contributed by atoms with E-state index >= 15 is 0 Å². The van der Waals surface area contributed by atoms with E-state index in [4.69, 9.17) is 4.74 Å². The van der Waals surface area contributed by atoms with Gasteiger partial charge in [-0.3, -0.25) is 9.59 Å². The van der Waals surface area contributed by atoms with Gasteiger partial charge in [-0.15, -0.1) is 5.10 Å². The Kier molecular flexibility index (Phi) is 5.05. The number of nitrogens with zero attached hydrogens (tertiary/aromatic N) is 4. The SMILES string of the molecule is COC(=O)C(C)Oc1ccc(-n2nnc3cc(F)c(N4C(=O)c5ccccc5C4=O)cc32)cc1. The van der Waals surface area contributed by atoms with Crippen molar-refractivity contribution in [3.63, 3.8) is 0 Å². The molecule has 1 aliphatic rings. The number of hydrogen-bond acceptors (Lipinski definition) is 7. The third-order valence-electron chi connectivity index (χ3n) is 5.48. The molecule has 0 radical (unpaired) electrons. The Hall–Kier alpha value is -4.60. The second-order valence-electron chi connectivity index (χ2n) is 7.56. The van der Waals surface area contributed by atoms with Crippen molar-refractivity contribution in [1.82, 2.24) is 15.0 Å². The lowest BCUT2D eigenvalue weighted by molar-refractivity contribution is -0.147. The molecule has 4 aromatic rings.